The van der Waals surface area contributed by atoms with E-state index in [2.05, 4.69) is 4.98 Å². The summed E-state index contributed by atoms with van der Waals surface area (Å²) in [5.41, 5.74) is 3.59. The molecule has 1 N–H and O–H groups in total. The molecule has 3 nitrogen and oxygen atoms in total. The Morgan fingerprint density at radius 1 is 1.11 bits per heavy atom. The standard InChI is InChI=1S/C15H17NO2/c1-10-8-12(6-7-14(10)18-3)15(17)13-5-4-11(2)16-9-13/h4-9,15,17H,1-3H3. The molecule has 0 spiro atoms. The Hall–Kier alpha value is -1.87. The van der Waals surface area contributed by atoms with Crippen LogP contribution < -0.4 is 4.74 Å². The highest BCUT2D eigenvalue weighted by atomic mass is 16.5. The van der Waals surface area contributed by atoms with E-state index in [1.807, 2.05) is 44.2 Å². The highest BCUT2D eigenvalue weighted by Crippen LogP contribution is 2.26. The van der Waals surface area contributed by atoms with E-state index < -0.39 is 6.10 Å². The number of methoxy groups -OCH3 is 1. The number of hydrogen-bond acceptors (Lipinski definition) is 3. The van der Waals surface area contributed by atoms with Gasteiger partial charge in [-0.05, 0) is 43.2 Å². The molecule has 0 fully saturated rings. The summed E-state index contributed by atoms with van der Waals surface area (Å²) in [7, 11) is 1.64. The lowest BCUT2D eigenvalue weighted by atomic mass is 10.0. The molecule has 1 atom stereocenters. The summed E-state index contributed by atoms with van der Waals surface area (Å²) in [5.74, 6) is 0.827. The number of benzene rings is 1. The minimum atomic E-state index is -0.650. The van der Waals surface area contributed by atoms with Gasteiger partial charge in [0, 0.05) is 17.5 Å². The fourth-order valence-electron chi connectivity index (χ4n) is 1.91. The number of aromatic nitrogens is 1. The van der Waals surface area contributed by atoms with Crippen LogP contribution in [0, 0.1) is 13.8 Å². The largest absolute Gasteiger partial charge is 0.496 e. The normalized spacial score (nSPS) is 12.2. The zero-order chi connectivity index (χ0) is 13.1. The van der Waals surface area contributed by atoms with Gasteiger partial charge in [0.2, 0.25) is 0 Å². The highest BCUT2D eigenvalue weighted by Gasteiger charge is 2.12. The van der Waals surface area contributed by atoms with Gasteiger partial charge in [0.1, 0.15) is 11.9 Å². The van der Waals surface area contributed by atoms with E-state index in [1.165, 1.54) is 0 Å². The third-order valence-electron chi connectivity index (χ3n) is 2.98. The second kappa shape index (κ2) is 5.19. The van der Waals surface area contributed by atoms with E-state index in [0.717, 1.165) is 28.1 Å². The van der Waals surface area contributed by atoms with E-state index in [4.69, 9.17) is 4.74 Å². The topological polar surface area (TPSA) is 42.4 Å². The zero-order valence-corrected chi connectivity index (χ0v) is 10.8. The van der Waals surface area contributed by atoms with E-state index in [-0.39, 0.29) is 0 Å². The number of nitrogens with zero attached hydrogens (tertiary/aromatic N) is 1. The molecule has 1 heterocycles. The lowest BCUT2D eigenvalue weighted by molar-refractivity contribution is 0.219. The van der Waals surface area contributed by atoms with Gasteiger partial charge in [-0.25, -0.2) is 0 Å². The van der Waals surface area contributed by atoms with Gasteiger partial charge in [0.05, 0.1) is 7.11 Å². The van der Waals surface area contributed by atoms with Gasteiger partial charge in [-0.15, -0.1) is 0 Å². The number of ether oxygens (including phenoxy) is 1. The summed E-state index contributed by atoms with van der Waals surface area (Å²) in [6, 6.07) is 9.47. The quantitative estimate of drug-likeness (QED) is 0.901. The van der Waals surface area contributed by atoms with Crippen LogP contribution in [-0.4, -0.2) is 17.2 Å². The van der Waals surface area contributed by atoms with Crippen LogP contribution in [0.2, 0.25) is 0 Å². The molecule has 1 unspecified atom stereocenters. The molecule has 94 valence electrons. The monoisotopic (exact) mass is 243 g/mol. The van der Waals surface area contributed by atoms with Gasteiger partial charge in [0.25, 0.3) is 0 Å². The Morgan fingerprint density at radius 3 is 2.39 bits per heavy atom. The molecule has 1 aromatic heterocycles. The smallest absolute Gasteiger partial charge is 0.121 e. The Bertz CT molecular complexity index is 535. The minimum Gasteiger partial charge on any atom is -0.496 e. The fraction of sp³-hybridized carbons (Fsp3) is 0.267. The first-order chi connectivity index (χ1) is 8.61. The van der Waals surface area contributed by atoms with Crippen LogP contribution in [0.5, 0.6) is 5.75 Å². The Labute approximate surface area is 107 Å². The van der Waals surface area contributed by atoms with Crippen molar-refractivity contribution in [2.24, 2.45) is 0 Å². The first-order valence-electron chi connectivity index (χ1n) is 5.87. The fourth-order valence-corrected chi connectivity index (χ4v) is 1.91. The maximum atomic E-state index is 10.3. The highest BCUT2D eigenvalue weighted by molar-refractivity contribution is 5.39. The molecular formula is C15H17NO2. The second-order valence-electron chi connectivity index (χ2n) is 4.36. The van der Waals surface area contributed by atoms with Crippen molar-refractivity contribution in [1.29, 1.82) is 0 Å². The van der Waals surface area contributed by atoms with Gasteiger partial charge in [-0.1, -0.05) is 12.1 Å². The Morgan fingerprint density at radius 2 is 1.83 bits per heavy atom. The van der Waals surface area contributed by atoms with Crippen molar-refractivity contribution in [1.82, 2.24) is 4.98 Å². The first kappa shape index (κ1) is 12.6. The number of aliphatic hydroxyl groups excluding tert-OH is 1. The molecule has 1 aromatic carbocycles. The average Bonchev–Trinajstić information content (AvgIpc) is 2.38. The maximum absolute atomic E-state index is 10.3. The van der Waals surface area contributed by atoms with E-state index in [0.29, 0.717) is 0 Å². The first-order valence-corrected chi connectivity index (χ1v) is 5.87. The number of aliphatic hydroxyl groups is 1. The van der Waals surface area contributed by atoms with Crippen LogP contribution in [0.3, 0.4) is 0 Å². The molecule has 0 amide bonds. The summed E-state index contributed by atoms with van der Waals surface area (Å²) in [5, 5.41) is 10.3. The predicted molar refractivity (Wildman–Crippen MR) is 70.8 cm³/mol. The van der Waals surface area contributed by atoms with Gasteiger partial charge < -0.3 is 9.84 Å². The van der Waals surface area contributed by atoms with Crippen molar-refractivity contribution in [3.05, 3.63) is 58.9 Å². The summed E-state index contributed by atoms with van der Waals surface area (Å²) >= 11 is 0. The third-order valence-corrected chi connectivity index (χ3v) is 2.98. The predicted octanol–water partition coefficient (Wildman–Crippen LogP) is 2.79. The summed E-state index contributed by atoms with van der Waals surface area (Å²) in [6.07, 6.45) is 1.06. The lowest BCUT2D eigenvalue weighted by Crippen LogP contribution is -2.01. The van der Waals surface area contributed by atoms with Crippen LogP contribution in [0.4, 0.5) is 0 Å². The Balaban J connectivity index is 2.31. The van der Waals surface area contributed by atoms with Gasteiger partial charge >= 0.3 is 0 Å². The van der Waals surface area contributed by atoms with Crippen molar-refractivity contribution in [2.45, 2.75) is 20.0 Å². The average molecular weight is 243 g/mol. The van der Waals surface area contributed by atoms with Crippen molar-refractivity contribution >= 4 is 0 Å². The maximum Gasteiger partial charge on any atom is 0.121 e. The van der Waals surface area contributed by atoms with Crippen LogP contribution in [-0.2, 0) is 0 Å². The molecule has 0 aliphatic heterocycles. The number of pyridine rings is 1. The Kier molecular flexibility index (Phi) is 3.63. The molecule has 0 aliphatic carbocycles. The molecule has 0 radical (unpaired) electrons. The van der Waals surface area contributed by atoms with Crippen LogP contribution in [0.1, 0.15) is 28.5 Å². The number of hydrogen-bond donors (Lipinski definition) is 1. The second-order valence-corrected chi connectivity index (χ2v) is 4.36. The summed E-state index contributed by atoms with van der Waals surface area (Å²) in [4.78, 5) is 4.20. The zero-order valence-electron chi connectivity index (χ0n) is 10.8. The molecule has 18 heavy (non-hydrogen) atoms. The molecular weight excluding hydrogens is 226 g/mol. The van der Waals surface area contributed by atoms with E-state index in [9.17, 15) is 5.11 Å². The molecule has 2 aromatic rings. The number of aryl methyl sites for hydroxylation is 2. The minimum absolute atomic E-state index is 0.650. The lowest BCUT2D eigenvalue weighted by Gasteiger charge is -2.13. The molecule has 3 heteroatoms. The van der Waals surface area contributed by atoms with Gasteiger partial charge in [0.15, 0.2) is 0 Å². The van der Waals surface area contributed by atoms with Crippen LogP contribution in [0.25, 0.3) is 0 Å². The van der Waals surface area contributed by atoms with Crippen LogP contribution in [0.15, 0.2) is 36.5 Å². The third kappa shape index (κ3) is 2.51. The molecule has 0 bridgehead atoms. The van der Waals surface area contributed by atoms with Crippen molar-refractivity contribution in [3.8, 4) is 5.75 Å². The molecule has 0 saturated carbocycles. The molecule has 0 saturated heterocycles. The SMILES string of the molecule is COc1ccc(C(O)c2ccc(C)nc2)cc1C. The van der Waals surface area contributed by atoms with Crippen molar-refractivity contribution in [3.63, 3.8) is 0 Å². The van der Waals surface area contributed by atoms with E-state index >= 15 is 0 Å². The van der Waals surface area contributed by atoms with Gasteiger partial charge in [-0.3, -0.25) is 4.98 Å². The van der Waals surface area contributed by atoms with Crippen molar-refractivity contribution in [2.75, 3.05) is 7.11 Å². The number of rotatable bonds is 3. The van der Waals surface area contributed by atoms with Gasteiger partial charge in [-0.2, -0.15) is 0 Å². The summed E-state index contributed by atoms with van der Waals surface area (Å²) < 4.78 is 5.21. The molecule has 0 aliphatic rings. The van der Waals surface area contributed by atoms with E-state index in [1.54, 1.807) is 13.3 Å². The van der Waals surface area contributed by atoms with Crippen LogP contribution >= 0.6 is 0 Å². The molecule has 2 rings (SSSR count). The van der Waals surface area contributed by atoms with Crippen molar-refractivity contribution < 1.29 is 9.84 Å². The summed E-state index contributed by atoms with van der Waals surface area (Å²) in [6.45, 7) is 3.89.